The summed E-state index contributed by atoms with van der Waals surface area (Å²) in [5.74, 6) is 0.278. The largest absolute Gasteiger partial charge is 0.423 e. The number of aryl methyl sites for hydroxylation is 1. The summed E-state index contributed by atoms with van der Waals surface area (Å²) in [6.45, 7) is 35.1. The molecule has 0 unspecified atom stereocenters. The predicted molar refractivity (Wildman–Crippen MR) is 165 cm³/mol. The first-order valence-electron chi connectivity index (χ1n) is 12.8. The van der Waals surface area contributed by atoms with E-state index >= 15 is 0 Å². The second kappa shape index (κ2) is 54.3. The van der Waals surface area contributed by atoms with E-state index in [2.05, 4.69) is 66.1 Å². The number of esters is 1. The number of carbonyl (C=O) groups is 1. The third kappa shape index (κ3) is 47.1. The Morgan fingerprint density at radius 3 is 1.57 bits per heavy atom. The van der Waals surface area contributed by atoms with Crippen molar-refractivity contribution in [2.24, 2.45) is 0 Å². The lowest BCUT2D eigenvalue weighted by Crippen LogP contribution is -2.05. The van der Waals surface area contributed by atoms with Crippen molar-refractivity contribution >= 4 is 5.97 Å². The SMILES string of the molecule is C=C.C=C.C=C.C=C.C=CC(=O)Oc1ccccc1CCCCCCCCC.CCOCC.OCCO. The third-order valence-corrected chi connectivity index (χ3v) is 3.91. The maximum absolute atomic E-state index is 11.3. The van der Waals surface area contributed by atoms with Crippen LogP contribution in [0.25, 0.3) is 0 Å². The molecule has 0 heterocycles. The number of ether oxygens (including phenoxy) is 2. The number of benzene rings is 1. The van der Waals surface area contributed by atoms with E-state index in [4.69, 9.17) is 19.7 Å². The van der Waals surface area contributed by atoms with Crippen molar-refractivity contribution < 1.29 is 24.5 Å². The van der Waals surface area contributed by atoms with Gasteiger partial charge in [0.05, 0.1) is 13.2 Å². The smallest absolute Gasteiger partial charge is 0.335 e. The van der Waals surface area contributed by atoms with E-state index in [0.717, 1.165) is 31.6 Å². The molecule has 0 aromatic heterocycles. The lowest BCUT2D eigenvalue weighted by Gasteiger charge is -2.08. The highest BCUT2D eigenvalue weighted by Gasteiger charge is 2.05. The van der Waals surface area contributed by atoms with Crippen LogP contribution in [-0.2, 0) is 16.0 Å². The number of rotatable bonds is 13. The zero-order valence-electron chi connectivity index (χ0n) is 24.4. The molecule has 0 aliphatic carbocycles. The summed E-state index contributed by atoms with van der Waals surface area (Å²) in [5.41, 5.74) is 1.11. The fourth-order valence-corrected chi connectivity index (χ4v) is 2.44. The van der Waals surface area contributed by atoms with Crippen LogP contribution in [0.4, 0.5) is 0 Å². The number of para-hydroxylation sites is 1. The molecule has 0 spiro atoms. The number of carbonyl (C=O) groups excluding carboxylic acids is 1. The summed E-state index contributed by atoms with van der Waals surface area (Å²) in [6.07, 6.45) is 11.2. The van der Waals surface area contributed by atoms with Gasteiger partial charge in [-0.1, -0.05) is 70.2 Å². The number of unbranched alkanes of at least 4 members (excludes halogenated alkanes) is 6. The minimum atomic E-state index is -0.392. The molecule has 1 aromatic carbocycles. The molecule has 37 heavy (non-hydrogen) atoms. The fraction of sp³-hybridized carbons (Fsp3) is 0.469. The van der Waals surface area contributed by atoms with Crippen LogP contribution >= 0.6 is 0 Å². The zero-order chi connectivity index (χ0) is 30.2. The van der Waals surface area contributed by atoms with Crippen molar-refractivity contribution in [1.82, 2.24) is 0 Å². The van der Waals surface area contributed by atoms with E-state index in [-0.39, 0.29) is 13.2 Å². The number of aliphatic hydroxyl groups is 2. The molecule has 5 nitrogen and oxygen atoms in total. The van der Waals surface area contributed by atoms with Gasteiger partial charge in [0.2, 0.25) is 0 Å². The van der Waals surface area contributed by atoms with Gasteiger partial charge in [0.1, 0.15) is 5.75 Å². The molecule has 1 aromatic rings. The van der Waals surface area contributed by atoms with Gasteiger partial charge in [-0.25, -0.2) is 4.79 Å². The van der Waals surface area contributed by atoms with E-state index in [1.165, 1.54) is 44.6 Å². The van der Waals surface area contributed by atoms with Crippen LogP contribution in [0, 0.1) is 0 Å². The van der Waals surface area contributed by atoms with Gasteiger partial charge in [0.25, 0.3) is 0 Å². The van der Waals surface area contributed by atoms with Crippen molar-refractivity contribution in [3.63, 3.8) is 0 Å². The molecule has 0 fully saturated rings. The third-order valence-electron chi connectivity index (χ3n) is 3.91. The summed E-state index contributed by atoms with van der Waals surface area (Å²) in [5, 5.41) is 15.2. The molecule has 0 aliphatic rings. The molecule has 2 N–H and O–H groups in total. The van der Waals surface area contributed by atoms with Crippen LogP contribution in [0.2, 0.25) is 0 Å². The van der Waals surface area contributed by atoms with Crippen molar-refractivity contribution in [3.05, 3.63) is 95.1 Å². The quantitative estimate of drug-likeness (QED) is 0.0896. The molecule has 0 aliphatic heterocycles. The Morgan fingerprint density at radius 2 is 1.19 bits per heavy atom. The molecule has 216 valence electrons. The highest BCUT2D eigenvalue weighted by atomic mass is 16.5. The number of hydrogen-bond donors (Lipinski definition) is 2. The maximum atomic E-state index is 11.3. The molecule has 0 amide bonds. The van der Waals surface area contributed by atoms with Crippen molar-refractivity contribution in [1.29, 1.82) is 0 Å². The Labute approximate surface area is 229 Å². The molecule has 0 bridgehead atoms. The van der Waals surface area contributed by atoms with E-state index in [0.29, 0.717) is 5.75 Å². The Balaban J connectivity index is -0.000000117. The van der Waals surface area contributed by atoms with Gasteiger partial charge in [-0.2, -0.15) is 0 Å². The van der Waals surface area contributed by atoms with E-state index < -0.39 is 5.97 Å². The van der Waals surface area contributed by atoms with Gasteiger partial charge in [-0.05, 0) is 38.3 Å². The van der Waals surface area contributed by atoms with Crippen LogP contribution in [0.5, 0.6) is 5.75 Å². The van der Waals surface area contributed by atoms with Crippen LogP contribution < -0.4 is 4.74 Å². The first-order chi connectivity index (χ1) is 18.1. The predicted octanol–water partition coefficient (Wildman–Crippen LogP) is 8.29. The zero-order valence-corrected chi connectivity index (χ0v) is 24.4. The van der Waals surface area contributed by atoms with E-state index in [1.807, 2.05) is 38.1 Å². The fourth-order valence-electron chi connectivity index (χ4n) is 2.44. The van der Waals surface area contributed by atoms with Crippen molar-refractivity contribution in [3.8, 4) is 5.75 Å². The summed E-state index contributed by atoms with van der Waals surface area (Å²) < 4.78 is 10.1. The van der Waals surface area contributed by atoms with Gasteiger partial charge in [0.15, 0.2) is 0 Å². The van der Waals surface area contributed by atoms with Crippen LogP contribution in [0.15, 0.2) is 89.6 Å². The van der Waals surface area contributed by atoms with E-state index in [9.17, 15) is 4.79 Å². The Bertz CT molecular complexity index is 534. The number of aliphatic hydroxyl groups excluding tert-OH is 2. The average molecular weight is 523 g/mol. The summed E-state index contributed by atoms with van der Waals surface area (Å²) in [7, 11) is 0. The molecule has 1 rings (SSSR count). The standard InChI is InChI=1S/C18H26O2.C4H10O.C2H6O2.4C2H4/c1-3-5-6-7-8-9-10-13-16-14-11-12-15-17(16)20-18(19)4-2;1-3-5-4-2;3-1-2-4;4*1-2/h4,11-12,14-15H,2-3,5-10,13H2,1H3;3-4H2,1-2H3;3-4H,1-2H2;4*1-2H2. The summed E-state index contributed by atoms with van der Waals surface area (Å²) >= 11 is 0. The van der Waals surface area contributed by atoms with Gasteiger partial charge in [0, 0.05) is 19.3 Å². The lowest BCUT2D eigenvalue weighted by atomic mass is 10.0. The van der Waals surface area contributed by atoms with Crippen molar-refractivity contribution in [2.45, 2.75) is 72.1 Å². The first-order valence-corrected chi connectivity index (χ1v) is 12.8. The molecule has 0 saturated heterocycles. The summed E-state index contributed by atoms with van der Waals surface area (Å²) in [4.78, 5) is 11.3. The minimum absolute atomic E-state index is 0.125. The van der Waals surface area contributed by atoms with Crippen LogP contribution in [0.1, 0.15) is 71.3 Å². The van der Waals surface area contributed by atoms with Crippen LogP contribution in [0.3, 0.4) is 0 Å². The van der Waals surface area contributed by atoms with Gasteiger partial charge < -0.3 is 19.7 Å². The molecule has 5 heteroatoms. The van der Waals surface area contributed by atoms with Gasteiger partial charge in [-0.3, -0.25) is 0 Å². The second-order valence-corrected chi connectivity index (χ2v) is 6.33. The highest BCUT2D eigenvalue weighted by molar-refractivity contribution is 5.83. The molecular formula is C32H58O5. The van der Waals surface area contributed by atoms with Crippen molar-refractivity contribution in [2.75, 3.05) is 26.4 Å². The van der Waals surface area contributed by atoms with Crippen LogP contribution in [-0.4, -0.2) is 42.6 Å². The maximum Gasteiger partial charge on any atom is 0.335 e. The topological polar surface area (TPSA) is 76.0 Å². The average Bonchev–Trinajstić information content (AvgIpc) is 2.98. The van der Waals surface area contributed by atoms with Gasteiger partial charge in [-0.15, -0.1) is 52.6 Å². The first kappa shape index (κ1) is 47.5. The minimum Gasteiger partial charge on any atom is -0.423 e. The monoisotopic (exact) mass is 522 g/mol. The normalized spacial score (nSPS) is 7.92. The number of hydrogen-bond acceptors (Lipinski definition) is 5. The lowest BCUT2D eigenvalue weighted by molar-refractivity contribution is -0.129. The Morgan fingerprint density at radius 1 is 0.757 bits per heavy atom. The van der Waals surface area contributed by atoms with E-state index in [1.54, 1.807) is 0 Å². The summed E-state index contributed by atoms with van der Waals surface area (Å²) in [6, 6.07) is 7.75. The second-order valence-electron chi connectivity index (χ2n) is 6.33. The molecule has 0 radical (unpaired) electrons. The van der Waals surface area contributed by atoms with Gasteiger partial charge >= 0.3 is 5.97 Å². The Kier molecular flexibility index (Phi) is 69.6. The molecule has 0 atom stereocenters. The molecule has 0 saturated carbocycles. The highest BCUT2D eigenvalue weighted by Crippen LogP contribution is 2.21. The Hall–Kier alpha value is -2.73. The molecular weight excluding hydrogens is 464 g/mol.